The number of esters is 1. The zero-order valence-electron chi connectivity index (χ0n) is 7.73. The molecule has 1 unspecified atom stereocenters. The minimum Gasteiger partial charge on any atom is -0.466 e. The lowest BCUT2D eigenvalue weighted by Crippen LogP contribution is -2.31. The first-order chi connectivity index (χ1) is 6.02. The lowest BCUT2D eigenvalue weighted by Gasteiger charge is -2.18. The molecule has 0 aliphatic rings. The molecule has 0 radical (unpaired) electrons. The molecule has 0 aromatic carbocycles. The van der Waals surface area contributed by atoms with Crippen LogP contribution in [-0.2, 0) is 9.53 Å². The highest BCUT2D eigenvalue weighted by Crippen LogP contribution is 2.10. The van der Waals surface area contributed by atoms with Crippen molar-refractivity contribution in [1.29, 1.82) is 0 Å². The standard InChI is InChI=1S/C7H13N3O3/c1-3-13-6(11)4-7(2,12)5-9-10-8/h12H,3-5H2,1-2H3. The number of ether oxygens (including phenoxy) is 1. The lowest BCUT2D eigenvalue weighted by atomic mass is 10.0. The maximum atomic E-state index is 10.9. The number of aliphatic hydroxyl groups is 1. The zero-order valence-corrected chi connectivity index (χ0v) is 7.73. The summed E-state index contributed by atoms with van der Waals surface area (Å²) in [5.41, 5.74) is 6.68. The van der Waals surface area contributed by atoms with E-state index in [1.165, 1.54) is 6.92 Å². The molecule has 0 aliphatic heterocycles. The largest absolute Gasteiger partial charge is 0.466 e. The Balaban J connectivity index is 3.99. The van der Waals surface area contributed by atoms with Crippen molar-refractivity contribution in [2.75, 3.05) is 13.2 Å². The number of hydrogen-bond acceptors (Lipinski definition) is 4. The summed E-state index contributed by atoms with van der Waals surface area (Å²) in [6.07, 6.45) is -0.167. The Morgan fingerprint density at radius 1 is 1.77 bits per heavy atom. The van der Waals surface area contributed by atoms with Crippen molar-refractivity contribution in [2.45, 2.75) is 25.9 Å². The van der Waals surface area contributed by atoms with Crippen LogP contribution >= 0.6 is 0 Å². The van der Waals surface area contributed by atoms with Gasteiger partial charge in [-0.25, -0.2) is 0 Å². The zero-order chi connectivity index (χ0) is 10.3. The topological polar surface area (TPSA) is 95.3 Å². The van der Waals surface area contributed by atoms with Crippen LogP contribution in [0.5, 0.6) is 0 Å². The highest BCUT2D eigenvalue weighted by atomic mass is 16.5. The third kappa shape index (κ3) is 5.95. The highest BCUT2D eigenvalue weighted by Gasteiger charge is 2.24. The lowest BCUT2D eigenvalue weighted by molar-refractivity contribution is -0.147. The number of rotatable bonds is 5. The van der Waals surface area contributed by atoms with Crippen LogP contribution in [0, 0.1) is 0 Å². The van der Waals surface area contributed by atoms with Crippen molar-refractivity contribution in [3.05, 3.63) is 10.4 Å². The van der Waals surface area contributed by atoms with Crippen molar-refractivity contribution in [2.24, 2.45) is 5.11 Å². The molecule has 6 heteroatoms. The second kappa shape index (κ2) is 5.40. The smallest absolute Gasteiger partial charge is 0.308 e. The van der Waals surface area contributed by atoms with E-state index in [0.717, 1.165) is 0 Å². The van der Waals surface area contributed by atoms with Crippen LogP contribution in [0.1, 0.15) is 20.3 Å². The number of azide groups is 1. The van der Waals surface area contributed by atoms with E-state index in [1.54, 1.807) is 6.92 Å². The summed E-state index contributed by atoms with van der Waals surface area (Å²) < 4.78 is 4.62. The van der Waals surface area contributed by atoms with Crippen molar-refractivity contribution in [3.8, 4) is 0 Å². The molecular weight excluding hydrogens is 174 g/mol. The fourth-order valence-electron chi connectivity index (χ4n) is 0.763. The Kier molecular flexibility index (Phi) is 4.87. The van der Waals surface area contributed by atoms with Crippen molar-refractivity contribution >= 4 is 5.97 Å². The molecule has 0 fully saturated rings. The van der Waals surface area contributed by atoms with E-state index in [1.807, 2.05) is 0 Å². The fraction of sp³-hybridized carbons (Fsp3) is 0.857. The average molecular weight is 187 g/mol. The summed E-state index contributed by atoms with van der Waals surface area (Å²) in [6.45, 7) is 3.23. The van der Waals surface area contributed by atoms with Crippen LogP contribution < -0.4 is 0 Å². The molecule has 0 aromatic rings. The molecule has 0 saturated heterocycles. The van der Waals surface area contributed by atoms with E-state index in [9.17, 15) is 9.90 Å². The average Bonchev–Trinajstić information content (AvgIpc) is 2.00. The Hall–Kier alpha value is -1.26. The second-order valence-corrected chi connectivity index (χ2v) is 2.87. The predicted octanol–water partition coefficient (Wildman–Crippen LogP) is 1.00. The van der Waals surface area contributed by atoms with Gasteiger partial charge in [0, 0.05) is 4.91 Å². The summed E-state index contributed by atoms with van der Waals surface area (Å²) in [4.78, 5) is 13.4. The summed E-state index contributed by atoms with van der Waals surface area (Å²) >= 11 is 0. The first kappa shape index (κ1) is 11.7. The van der Waals surface area contributed by atoms with Gasteiger partial charge in [-0.05, 0) is 19.4 Å². The first-order valence-electron chi connectivity index (χ1n) is 3.90. The van der Waals surface area contributed by atoms with Crippen LogP contribution in [0.4, 0.5) is 0 Å². The Bertz CT molecular complexity index is 221. The number of nitrogens with zero attached hydrogens (tertiary/aromatic N) is 3. The number of carbonyl (C=O) groups is 1. The molecule has 1 atom stereocenters. The van der Waals surface area contributed by atoms with E-state index in [0.29, 0.717) is 0 Å². The van der Waals surface area contributed by atoms with Crippen molar-refractivity contribution < 1.29 is 14.6 Å². The summed E-state index contributed by atoms with van der Waals surface area (Å²) in [7, 11) is 0. The Morgan fingerprint density at radius 3 is 2.85 bits per heavy atom. The molecule has 0 spiro atoms. The monoisotopic (exact) mass is 187 g/mol. The maximum absolute atomic E-state index is 10.9. The van der Waals surface area contributed by atoms with Gasteiger partial charge in [-0.1, -0.05) is 5.11 Å². The SMILES string of the molecule is CCOC(=O)CC(C)(O)CN=[N+]=[N-]. The van der Waals surface area contributed by atoms with Gasteiger partial charge in [-0.2, -0.15) is 0 Å². The van der Waals surface area contributed by atoms with Crippen molar-refractivity contribution in [3.63, 3.8) is 0 Å². The summed E-state index contributed by atoms with van der Waals surface area (Å²) in [5.74, 6) is -0.499. The van der Waals surface area contributed by atoms with E-state index >= 15 is 0 Å². The van der Waals surface area contributed by atoms with Gasteiger partial charge in [0.15, 0.2) is 0 Å². The normalized spacial score (nSPS) is 14.1. The molecule has 1 N–H and O–H groups in total. The van der Waals surface area contributed by atoms with E-state index in [-0.39, 0.29) is 19.6 Å². The third-order valence-electron chi connectivity index (χ3n) is 1.31. The molecule has 74 valence electrons. The Labute approximate surface area is 76.1 Å². The molecule has 0 bridgehead atoms. The van der Waals surface area contributed by atoms with Gasteiger partial charge in [0.2, 0.25) is 0 Å². The van der Waals surface area contributed by atoms with Gasteiger partial charge in [0.25, 0.3) is 0 Å². The molecule has 0 aromatic heterocycles. The molecule has 13 heavy (non-hydrogen) atoms. The molecule has 0 heterocycles. The van der Waals surface area contributed by atoms with E-state index in [4.69, 9.17) is 5.53 Å². The third-order valence-corrected chi connectivity index (χ3v) is 1.31. The van der Waals surface area contributed by atoms with Gasteiger partial charge >= 0.3 is 5.97 Å². The molecule has 6 nitrogen and oxygen atoms in total. The number of carbonyl (C=O) groups excluding carboxylic acids is 1. The molecule has 0 saturated carbocycles. The van der Waals surface area contributed by atoms with Crippen LogP contribution in [0.25, 0.3) is 10.4 Å². The minimum atomic E-state index is -1.32. The van der Waals surface area contributed by atoms with Crippen LogP contribution in [0.15, 0.2) is 5.11 Å². The quantitative estimate of drug-likeness (QED) is 0.301. The van der Waals surface area contributed by atoms with Crippen LogP contribution in [0.3, 0.4) is 0 Å². The second-order valence-electron chi connectivity index (χ2n) is 2.87. The fourth-order valence-corrected chi connectivity index (χ4v) is 0.763. The van der Waals surface area contributed by atoms with Crippen molar-refractivity contribution in [1.82, 2.24) is 0 Å². The molecule has 0 aliphatic carbocycles. The molecule has 0 rings (SSSR count). The van der Waals surface area contributed by atoms with Gasteiger partial charge in [-0.15, -0.1) is 0 Å². The maximum Gasteiger partial charge on any atom is 0.308 e. The van der Waals surface area contributed by atoms with E-state index < -0.39 is 11.6 Å². The number of hydrogen-bond donors (Lipinski definition) is 1. The summed E-state index contributed by atoms with van der Waals surface area (Å²) in [6, 6.07) is 0. The van der Waals surface area contributed by atoms with Gasteiger partial charge < -0.3 is 9.84 Å². The van der Waals surface area contributed by atoms with Crippen LogP contribution in [0.2, 0.25) is 0 Å². The van der Waals surface area contributed by atoms with Crippen LogP contribution in [-0.4, -0.2) is 29.8 Å². The molecular formula is C7H13N3O3. The minimum absolute atomic E-state index is 0.137. The first-order valence-corrected chi connectivity index (χ1v) is 3.90. The molecule has 0 amide bonds. The van der Waals surface area contributed by atoms with Gasteiger partial charge in [0.1, 0.15) is 0 Å². The van der Waals surface area contributed by atoms with E-state index in [2.05, 4.69) is 14.8 Å². The van der Waals surface area contributed by atoms with Gasteiger partial charge in [-0.3, -0.25) is 4.79 Å². The van der Waals surface area contributed by atoms with Gasteiger partial charge in [0.05, 0.1) is 25.2 Å². The highest BCUT2D eigenvalue weighted by molar-refractivity contribution is 5.70. The summed E-state index contributed by atoms with van der Waals surface area (Å²) in [5, 5.41) is 12.7. The Morgan fingerprint density at radius 2 is 2.38 bits per heavy atom. The predicted molar refractivity (Wildman–Crippen MR) is 45.9 cm³/mol.